The fraction of sp³-hybridized carbons (Fsp3) is 0. The molecule has 2 nitrogen and oxygen atoms in total. The highest BCUT2D eigenvalue weighted by Gasteiger charge is 2.22. The molecule has 0 radical (unpaired) electrons. The van der Waals surface area contributed by atoms with Gasteiger partial charge < -0.3 is 9.13 Å². The van der Waals surface area contributed by atoms with E-state index in [1.54, 1.807) is 0 Å². The van der Waals surface area contributed by atoms with Crippen molar-refractivity contribution in [3.05, 3.63) is 194 Å². The largest absolute Gasteiger partial charge is 0.307 e. The standard InChI is InChI=1S/C48H32N2/c1-3-14-33(15-4-1)34-26-28-35(29-27-34)37-18-13-19-38(32-37)49-45-24-11-8-21-40(45)42-30-31-43-41-22-9-12-25-46(41)50(48(43)47(42)49)44-23-10-7-20-39(44)36-16-5-2-6-17-36/h1-32H. The van der Waals surface area contributed by atoms with Crippen molar-refractivity contribution in [1.82, 2.24) is 9.13 Å². The van der Waals surface area contributed by atoms with Crippen molar-refractivity contribution in [3.8, 4) is 44.8 Å². The van der Waals surface area contributed by atoms with E-state index in [4.69, 9.17) is 0 Å². The summed E-state index contributed by atoms with van der Waals surface area (Å²) in [4.78, 5) is 0. The summed E-state index contributed by atoms with van der Waals surface area (Å²) >= 11 is 0. The summed E-state index contributed by atoms with van der Waals surface area (Å²) in [5.74, 6) is 0. The predicted molar refractivity (Wildman–Crippen MR) is 211 cm³/mol. The van der Waals surface area contributed by atoms with Gasteiger partial charge in [0.2, 0.25) is 0 Å². The normalized spacial score (nSPS) is 11.6. The second kappa shape index (κ2) is 11.5. The molecule has 0 saturated carbocycles. The number of para-hydroxylation sites is 3. The Labute approximate surface area is 290 Å². The van der Waals surface area contributed by atoms with Gasteiger partial charge in [-0.3, -0.25) is 0 Å². The SMILES string of the molecule is c1ccc(-c2ccc(-c3cccc(-n4c5ccccc5c5ccc6c7ccccc7n(-c7ccccc7-c7ccccc7)c6c54)c3)cc2)cc1. The van der Waals surface area contributed by atoms with Gasteiger partial charge in [-0.25, -0.2) is 0 Å². The quantitative estimate of drug-likeness (QED) is 0.178. The van der Waals surface area contributed by atoms with E-state index >= 15 is 0 Å². The molecule has 0 amide bonds. The molecule has 8 aromatic carbocycles. The van der Waals surface area contributed by atoms with E-state index in [-0.39, 0.29) is 0 Å². The zero-order valence-electron chi connectivity index (χ0n) is 27.4. The molecule has 234 valence electrons. The molecule has 2 aromatic heterocycles. The predicted octanol–water partition coefficient (Wildman–Crippen LogP) is 12.9. The van der Waals surface area contributed by atoms with Crippen LogP contribution in [0.3, 0.4) is 0 Å². The summed E-state index contributed by atoms with van der Waals surface area (Å²) in [7, 11) is 0. The molecule has 0 aliphatic carbocycles. The molecule has 10 rings (SSSR count). The summed E-state index contributed by atoms with van der Waals surface area (Å²) in [5.41, 5.74) is 14.4. The van der Waals surface area contributed by atoms with Crippen molar-refractivity contribution in [2.45, 2.75) is 0 Å². The molecule has 2 heterocycles. The third-order valence-electron chi connectivity index (χ3n) is 10.1. The van der Waals surface area contributed by atoms with Crippen LogP contribution >= 0.6 is 0 Å². The maximum atomic E-state index is 2.50. The summed E-state index contributed by atoms with van der Waals surface area (Å²) in [5, 5.41) is 4.98. The minimum Gasteiger partial charge on any atom is -0.307 e. The van der Waals surface area contributed by atoms with Crippen LogP contribution in [0.4, 0.5) is 0 Å². The molecule has 0 atom stereocenters. The zero-order chi connectivity index (χ0) is 33.0. The summed E-state index contributed by atoms with van der Waals surface area (Å²) < 4.78 is 4.98. The fourth-order valence-corrected chi connectivity index (χ4v) is 7.86. The number of rotatable bonds is 5. The lowest BCUT2D eigenvalue weighted by atomic mass is 10.00. The molecule has 0 aliphatic rings. The Balaban J connectivity index is 1.27. The minimum atomic E-state index is 1.14. The average Bonchev–Trinajstić information content (AvgIpc) is 3.72. The highest BCUT2D eigenvalue weighted by atomic mass is 15.0. The van der Waals surface area contributed by atoms with Crippen molar-refractivity contribution < 1.29 is 0 Å². The van der Waals surface area contributed by atoms with Gasteiger partial charge in [-0.15, -0.1) is 0 Å². The summed E-state index contributed by atoms with van der Waals surface area (Å²) in [6, 6.07) is 70.4. The molecular formula is C48H32N2. The van der Waals surface area contributed by atoms with Gasteiger partial charge in [0.1, 0.15) is 0 Å². The Hall–Kier alpha value is -6.64. The number of benzene rings is 8. The highest BCUT2D eigenvalue weighted by molar-refractivity contribution is 6.24. The maximum Gasteiger partial charge on any atom is 0.0789 e. The van der Waals surface area contributed by atoms with Gasteiger partial charge >= 0.3 is 0 Å². The summed E-state index contributed by atoms with van der Waals surface area (Å²) in [6.45, 7) is 0. The van der Waals surface area contributed by atoms with E-state index in [0.29, 0.717) is 0 Å². The van der Waals surface area contributed by atoms with E-state index < -0.39 is 0 Å². The van der Waals surface area contributed by atoms with Gasteiger partial charge in [-0.05, 0) is 58.1 Å². The Morgan fingerprint density at radius 3 is 1.44 bits per heavy atom. The molecule has 0 unspecified atom stereocenters. The van der Waals surface area contributed by atoms with Crippen molar-refractivity contribution >= 4 is 43.6 Å². The lowest BCUT2D eigenvalue weighted by molar-refractivity contribution is 1.15. The molecule has 0 spiro atoms. The Kier molecular flexibility index (Phi) is 6.53. The minimum absolute atomic E-state index is 1.14. The van der Waals surface area contributed by atoms with Crippen LogP contribution < -0.4 is 0 Å². The lowest BCUT2D eigenvalue weighted by Gasteiger charge is -2.16. The molecule has 0 fully saturated rings. The Bertz CT molecular complexity index is 2840. The lowest BCUT2D eigenvalue weighted by Crippen LogP contribution is -2.00. The van der Waals surface area contributed by atoms with E-state index in [1.807, 2.05) is 0 Å². The molecule has 2 heteroatoms. The van der Waals surface area contributed by atoms with Gasteiger partial charge in [0.15, 0.2) is 0 Å². The van der Waals surface area contributed by atoms with Crippen molar-refractivity contribution in [2.24, 2.45) is 0 Å². The van der Waals surface area contributed by atoms with Crippen molar-refractivity contribution in [2.75, 3.05) is 0 Å². The Morgan fingerprint density at radius 2 is 0.760 bits per heavy atom. The van der Waals surface area contributed by atoms with E-state index in [0.717, 1.165) is 5.69 Å². The first-order chi connectivity index (χ1) is 24.8. The highest BCUT2D eigenvalue weighted by Crippen LogP contribution is 2.43. The van der Waals surface area contributed by atoms with Crippen LogP contribution in [-0.4, -0.2) is 9.13 Å². The van der Waals surface area contributed by atoms with Gasteiger partial charge in [-0.1, -0.05) is 164 Å². The zero-order valence-corrected chi connectivity index (χ0v) is 27.4. The fourth-order valence-electron chi connectivity index (χ4n) is 7.86. The van der Waals surface area contributed by atoms with Crippen molar-refractivity contribution in [1.29, 1.82) is 0 Å². The molecule has 0 saturated heterocycles. The van der Waals surface area contributed by atoms with E-state index in [1.165, 1.54) is 82.7 Å². The van der Waals surface area contributed by atoms with E-state index in [9.17, 15) is 0 Å². The molecule has 0 bridgehead atoms. The van der Waals surface area contributed by atoms with Gasteiger partial charge in [0.25, 0.3) is 0 Å². The second-order valence-corrected chi connectivity index (χ2v) is 12.9. The summed E-state index contributed by atoms with van der Waals surface area (Å²) in [6.07, 6.45) is 0. The number of aromatic nitrogens is 2. The van der Waals surface area contributed by atoms with Crippen LogP contribution in [0.25, 0.3) is 88.4 Å². The maximum absolute atomic E-state index is 2.50. The number of nitrogens with zero attached hydrogens (tertiary/aromatic N) is 2. The monoisotopic (exact) mass is 636 g/mol. The third kappa shape index (κ3) is 4.43. The van der Waals surface area contributed by atoms with Crippen molar-refractivity contribution in [3.63, 3.8) is 0 Å². The van der Waals surface area contributed by atoms with E-state index in [2.05, 4.69) is 203 Å². The smallest absolute Gasteiger partial charge is 0.0789 e. The second-order valence-electron chi connectivity index (χ2n) is 12.9. The first-order valence-corrected chi connectivity index (χ1v) is 17.2. The Morgan fingerprint density at radius 1 is 0.280 bits per heavy atom. The first-order valence-electron chi connectivity index (χ1n) is 17.2. The molecule has 0 N–H and O–H groups in total. The molecule has 10 aromatic rings. The van der Waals surface area contributed by atoms with Crippen LogP contribution in [0, 0.1) is 0 Å². The van der Waals surface area contributed by atoms with Gasteiger partial charge in [0.05, 0.1) is 27.8 Å². The average molecular weight is 637 g/mol. The van der Waals surface area contributed by atoms with Crippen LogP contribution in [0.5, 0.6) is 0 Å². The third-order valence-corrected chi connectivity index (χ3v) is 10.1. The number of hydrogen-bond donors (Lipinski definition) is 0. The molecular weight excluding hydrogens is 605 g/mol. The molecule has 50 heavy (non-hydrogen) atoms. The molecule has 0 aliphatic heterocycles. The first kappa shape index (κ1) is 28.4. The topological polar surface area (TPSA) is 9.86 Å². The van der Waals surface area contributed by atoms with Crippen LogP contribution in [-0.2, 0) is 0 Å². The van der Waals surface area contributed by atoms with Crippen LogP contribution in [0.1, 0.15) is 0 Å². The number of hydrogen-bond acceptors (Lipinski definition) is 0. The van der Waals surface area contributed by atoms with Crippen LogP contribution in [0.15, 0.2) is 194 Å². The van der Waals surface area contributed by atoms with Crippen LogP contribution in [0.2, 0.25) is 0 Å². The van der Waals surface area contributed by atoms with Gasteiger partial charge in [0, 0.05) is 32.8 Å². The van der Waals surface area contributed by atoms with Gasteiger partial charge in [-0.2, -0.15) is 0 Å². The number of fused-ring (bicyclic) bond motifs is 7.